The van der Waals surface area contributed by atoms with Gasteiger partial charge in [0.15, 0.2) is 0 Å². The number of imidazole rings is 1. The Morgan fingerprint density at radius 1 is 1.29 bits per heavy atom. The van der Waals surface area contributed by atoms with Gasteiger partial charge in [-0.3, -0.25) is 4.79 Å². The summed E-state index contributed by atoms with van der Waals surface area (Å²) in [6.07, 6.45) is 2.14. The maximum absolute atomic E-state index is 12.5. The summed E-state index contributed by atoms with van der Waals surface area (Å²) in [6, 6.07) is 10.7. The van der Waals surface area contributed by atoms with Gasteiger partial charge in [0, 0.05) is 25.8 Å². The third-order valence-corrected chi connectivity index (χ3v) is 5.49. The molecular formula is C20H20Cl2N4O2. The van der Waals surface area contributed by atoms with Crippen LogP contribution in [0, 0.1) is 0 Å². The maximum atomic E-state index is 12.5. The number of fused-ring (bicyclic) bond motifs is 1. The molecule has 8 heteroatoms. The molecule has 1 aliphatic rings. The Hall–Kier alpha value is -2.28. The number of aromatic nitrogens is 2. The second-order valence-corrected chi connectivity index (χ2v) is 7.58. The lowest BCUT2D eigenvalue weighted by Gasteiger charge is -2.10. The number of carbonyl (C=O) groups is 1. The van der Waals surface area contributed by atoms with Crippen LogP contribution in [-0.4, -0.2) is 34.7 Å². The van der Waals surface area contributed by atoms with E-state index in [9.17, 15) is 4.79 Å². The van der Waals surface area contributed by atoms with Crippen molar-refractivity contribution in [3.8, 4) is 0 Å². The molecule has 4 rings (SSSR count). The molecule has 28 heavy (non-hydrogen) atoms. The van der Waals surface area contributed by atoms with Crippen LogP contribution in [0.3, 0.4) is 0 Å². The standard InChI is InChI=1S/C20H20Cl2N4O2/c1-26-17-8-7-12(19(27)23-11-13-4-3-9-28-13)10-16(17)24-20(26)25-18-14(21)5-2-6-15(18)22/h2,5-8,10,13H,3-4,9,11H2,1H3,(H,23,27)(H,24,25). The topological polar surface area (TPSA) is 68.2 Å². The zero-order valence-electron chi connectivity index (χ0n) is 15.3. The number of amides is 1. The van der Waals surface area contributed by atoms with Gasteiger partial charge < -0.3 is 19.9 Å². The van der Waals surface area contributed by atoms with E-state index in [2.05, 4.69) is 15.6 Å². The van der Waals surface area contributed by atoms with Crippen molar-refractivity contribution >= 4 is 51.8 Å². The van der Waals surface area contributed by atoms with Crippen molar-refractivity contribution in [1.29, 1.82) is 0 Å². The number of para-hydroxylation sites is 1. The van der Waals surface area contributed by atoms with Crippen LogP contribution in [0.15, 0.2) is 36.4 Å². The molecule has 1 atom stereocenters. The molecule has 1 fully saturated rings. The Morgan fingerprint density at radius 3 is 2.79 bits per heavy atom. The molecule has 146 valence electrons. The van der Waals surface area contributed by atoms with Crippen LogP contribution in [-0.2, 0) is 11.8 Å². The van der Waals surface area contributed by atoms with Crippen molar-refractivity contribution in [1.82, 2.24) is 14.9 Å². The van der Waals surface area contributed by atoms with Crippen molar-refractivity contribution in [3.05, 3.63) is 52.0 Å². The minimum atomic E-state index is -0.133. The average Bonchev–Trinajstić information content (AvgIpc) is 3.31. The summed E-state index contributed by atoms with van der Waals surface area (Å²) in [7, 11) is 1.89. The number of ether oxygens (including phenoxy) is 1. The number of benzene rings is 2. The first-order chi connectivity index (χ1) is 13.5. The number of nitrogens with one attached hydrogen (secondary N) is 2. The van der Waals surface area contributed by atoms with Gasteiger partial charge in [-0.2, -0.15) is 0 Å². The van der Waals surface area contributed by atoms with Crippen LogP contribution in [0.5, 0.6) is 0 Å². The molecular weight excluding hydrogens is 399 g/mol. The monoisotopic (exact) mass is 418 g/mol. The van der Waals surface area contributed by atoms with E-state index in [4.69, 9.17) is 27.9 Å². The Morgan fingerprint density at radius 2 is 2.07 bits per heavy atom. The number of rotatable bonds is 5. The number of hydrogen-bond acceptors (Lipinski definition) is 4. The molecule has 6 nitrogen and oxygen atoms in total. The molecule has 0 aliphatic carbocycles. The van der Waals surface area contributed by atoms with Crippen LogP contribution < -0.4 is 10.6 Å². The Labute approximate surface area is 172 Å². The van der Waals surface area contributed by atoms with Gasteiger partial charge in [-0.25, -0.2) is 4.98 Å². The van der Waals surface area contributed by atoms with E-state index in [1.807, 2.05) is 17.7 Å². The lowest BCUT2D eigenvalue weighted by molar-refractivity contribution is 0.0858. The zero-order chi connectivity index (χ0) is 19.7. The summed E-state index contributed by atoms with van der Waals surface area (Å²) in [5.41, 5.74) is 2.75. The number of halogens is 2. The largest absolute Gasteiger partial charge is 0.376 e. The molecule has 1 amide bonds. The summed E-state index contributed by atoms with van der Waals surface area (Å²) in [6.45, 7) is 1.29. The number of nitrogens with zero attached hydrogens (tertiary/aromatic N) is 2. The second kappa shape index (κ2) is 7.99. The van der Waals surface area contributed by atoms with Gasteiger partial charge in [0.2, 0.25) is 5.95 Å². The van der Waals surface area contributed by atoms with E-state index in [1.54, 1.807) is 30.3 Å². The van der Waals surface area contributed by atoms with Gasteiger partial charge in [-0.1, -0.05) is 29.3 Å². The molecule has 2 N–H and O–H groups in total. The van der Waals surface area contributed by atoms with E-state index in [0.717, 1.165) is 25.0 Å². The SMILES string of the molecule is Cn1c(Nc2c(Cl)cccc2Cl)nc2cc(C(=O)NCC3CCCO3)ccc21. The predicted octanol–water partition coefficient (Wildman–Crippen LogP) is 4.53. The number of anilines is 2. The summed E-state index contributed by atoms with van der Waals surface area (Å²) in [5, 5.41) is 7.13. The third kappa shape index (κ3) is 3.81. The fraction of sp³-hybridized carbons (Fsp3) is 0.300. The number of aryl methyl sites for hydroxylation is 1. The van der Waals surface area contributed by atoms with Crippen molar-refractivity contribution in [2.45, 2.75) is 18.9 Å². The molecule has 0 saturated carbocycles. The van der Waals surface area contributed by atoms with Crippen LogP contribution in [0.1, 0.15) is 23.2 Å². The molecule has 0 spiro atoms. The number of carbonyl (C=O) groups excluding carboxylic acids is 1. The van der Waals surface area contributed by atoms with Crippen LogP contribution in [0.25, 0.3) is 11.0 Å². The smallest absolute Gasteiger partial charge is 0.251 e. The molecule has 0 radical (unpaired) electrons. The van der Waals surface area contributed by atoms with Crippen molar-refractivity contribution in [2.75, 3.05) is 18.5 Å². The normalized spacial score (nSPS) is 16.5. The minimum Gasteiger partial charge on any atom is -0.376 e. The van der Waals surface area contributed by atoms with Crippen molar-refractivity contribution in [2.24, 2.45) is 7.05 Å². The Balaban J connectivity index is 1.56. The Kier molecular flexibility index (Phi) is 5.44. The number of hydrogen-bond donors (Lipinski definition) is 2. The van der Waals surface area contributed by atoms with Crippen LogP contribution in [0.2, 0.25) is 10.0 Å². The summed E-state index contributed by atoms with van der Waals surface area (Å²) < 4.78 is 7.44. The summed E-state index contributed by atoms with van der Waals surface area (Å²) in [4.78, 5) is 17.1. The van der Waals surface area contributed by atoms with Gasteiger partial charge in [0.05, 0.1) is 32.9 Å². The summed E-state index contributed by atoms with van der Waals surface area (Å²) in [5.74, 6) is 0.452. The van der Waals surface area contributed by atoms with E-state index in [0.29, 0.717) is 39.3 Å². The van der Waals surface area contributed by atoms with E-state index in [1.165, 1.54) is 0 Å². The Bertz CT molecular complexity index is 1010. The van der Waals surface area contributed by atoms with E-state index < -0.39 is 0 Å². The van der Waals surface area contributed by atoms with Crippen LogP contribution >= 0.6 is 23.2 Å². The van der Waals surface area contributed by atoms with Crippen LogP contribution in [0.4, 0.5) is 11.6 Å². The van der Waals surface area contributed by atoms with E-state index in [-0.39, 0.29) is 12.0 Å². The van der Waals surface area contributed by atoms with Gasteiger partial charge >= 0.3 is 0 Å². The first kappa shape index (κ1) is 19.1. The van der Waals surface area contributed by atoms with Gasteiger partial charge in [0.1, 0.15) is 0 Å². The molecule has 2 heterocycles. The first-order valence-electron chi connectivity index (χ1n) is 9.10. The first-order valence-corrected chi connectivity index (χ1v) is 9.86. The van der Waals surface area contributed by atoms with Gasteiger partial charge in [-0.05, 0) is 43.2 Å². The highest BCUT2D eigenvalue weighted by Crippen LogP contribution is 2.33. The quantitative estimate of drug-likeness (QED) is 0.638. The minimum absolute atomic E-state index is 0.110. The fourth-order valence-corrected chi connectivity index (χ4v) is 3.79. The third-order valence-electron chi connectivity index (χ3n) is 4.86. The molecule has 3 aromatic rings. The fourth-order valence-electron chi connectivity index (χ4n) is 3.30. The molecule has 1 aliphatic heterocycles. The molecule has 0 bridgehead atoms. The lowest BCUT2D eigenvalue weighted by Crippen LogP contribution is -2.31. The van der Waals surface area contributed by atoms with Gasteiger partial charge in [-0.15, -0.1) is 0 Å². The predicted molar refractivity (Wildman–Crippen MR) is 112 cm³/mol. The molecule has 1 aromatic heterocycles. The second-order valence-electron chi connectivity index (χ2n) is 6.76. The van der Waals surface area contributed by atoms with Gasteiger partial charge in [0.25, 0.3) is 5.91 Å². The zero-order valence-corrected chi connectivity index (χ0v) is 16.8. The molecule has 1 unspecified atom stereocenters. The molecule has 2 aromatic carbocycles. The highest BCUT2D eigenvalue weighted by Gasteiger charge is 2.18. The maximum Gasteiger partial charge on any atom is 0.251 e. The van der Waals surface area contributed by atoms with Crippen molar-refractivity contribution in [3.63, 3.8) is 0 Å². The highest BCUT2D eigenvalue weighted by atomic mass is 35.5. The average molecular weight is 419 g/mol. The summed E-state index contributed by atoms with van der Waals surface area (Å²) >= 11 is 12.5. The lowest BCUT2D eigenvalue weighted by atomic mass is 10.1. The highest BCUT2D eigenvalue weighted by molar-refractivity contribution is 6.39. The van der Waals surface area contributed by atoms with Crippen molar-refractivity contribution < 1.29 is 9.53 Å². The van der Waals surface area contributed by atoms with E-state index >= 15 is 0 Å². The molecule has 1 saturated heterocycles.